The average Bonchev–Trinajstić information content (AvgIpc) is 3.19. The van der Waals surface area contributed by atoms with Crippen LogP contribution in [0.25, 0.3) is 11.5 Å². The van der Waals surface area contributed by atoms with Crippen molar-refractivity contribution >= 4 is 11.6 Å². The Labute approximate surface area is 163 Å². The normalized spacial score (nSPS) is 10.7. The molecular weight excluding hydrogens is 358 g/mol. The Kier molecular flexibility index (Phi) is 6.26. The lowest BCUT2D eigenvalue weighted by molar-refractivity contribution is -0.118. The van der Waals surface area contributed by atoms with Crippen LogP contribution in [0.2, 0.25) is 0 Å². The Morgan fingerprint density at radius 2 is 1.96 bits per heavy atom. The van der Waals surface area contributed by atoms with Crippen LogP contribution in [0, 0.1) is 0 Å². The summed E-state index contributed by atoms with van der Waals surface area (Å²) in [5, 5.41) is 6.76. The van der Waals surface area contributed by atoms with Crippen molar-refractivity contribution in [1.82, 2.24) is 10.1 Å². The smallest absolute Gasteiger partial charge is 0.262 e. The van der Waals surface area contributed by atoms with Gasteiger partial charge in [-0.05, 0) is 37.3 Å². The van der Waals surface area contributed by atoms with Crippen LogP contribution < -0.4 is 14.8 Å². The summed E-state index contributed by atoms with van der Waals surface area (Å²) in [6.45, 7) is 6.27. The second-order valence-corrected chi connectivity index (χ2v) is 6.41. The molecule has 3 aromatic rings. The van der Waals surface area contributed by atoms with Gasteiger partial charge in [0.1, 0.15) is 11.5 Å². The molecule has 28 heavy (non-hydrogen) atoms. The van der Waals surface area contributed by atoms with Crippen LogP contribution in [-0.2, 0) is 4.79 Å². The monoisotopic (exact) mass is 381 g/mol. The van der Waals surface area contributed by atoms with Gasteiger partial charge in [0.2, 0.25) is 0 Å². The van der Waals surface area contributed by atoms with Crippen molar-refractivity contribution in [2.75, 3.05) is 18.5 Å². The molecule has 7 nitrogen and oxygen atoms in total. The predicted octanol–water partition coefficient (Wildman–Crippen LogP) is 4.28. The third kappa shape index (κ3) is 4.88. The summed E-state index contributed by atoms with van der Waals surface area (Å²) in [6.07, 6.45) is 0. The number of ether oxygens (including phenoxy) is 2. The Balaban J connectivity index is 1.62. The second-order valence-electron chi connectivity index (χ2n) is 6.41. The first-order chi connectivity index (χ1) is 13.6. The number of para-hydroxylation sites is 2. The third-order valence-electron chi connectivity index (χ3n) is 3.87. The molecule has 1 heterocycles. The summed E-state index contributed by atoms with van der Waals surface area (Å²) in [6, 6.07) is 14.5. The van der Waals surface area contributed by atoms with E-state index >= 15 is 0 Å². The highest BCUT2D eigenvalue weighted by Crippen LogP contribution is 2.25. The fourth-order valence-electron chi connectivity index (χ4n) is 2.49. The summed E-state index contributed by atoms with van der Waals surface area (Å²) in [7, 11) is 0. The molecular formula is C21H23N3O4. The number of aromatic nitrogens is 2. The van der Waals surface area contributed by atoms with Gasteiger partial charge < -0.3 is 19.3 Å². The molecule has 2 aromatic carbocycles. The van der Waals surface area contributed by atoms with Gasteiger partial charge in [-0.15, -0.1) is 0 Å². The zero-order valence-electron chi connectivity index (χ0n) is 16.1. The standard InChI is InChI=1S/C21H23N3O4/c1-4-26-18-11-6-5-10-17(18)22-19(25)13-27-16-9-7-8-15(12-16)21-23-20(14(2)3)24-28-21/h5-12,14H,4,13H2,1-3H3,(H,22,25). The lowest BCUT2D eigenvalue weighted by Crippen LogP contribution is -2.20. The SMILES string of the molecule is CCOc1ccccc1NC(=O)COc1cccc(-c2nc(C(C)C)no2)c1. The average molecular weight is 381 g/mol. The first-order valence-corrected chi connectivity index (χ1v) is 9.15. The van der Waals surface area contributed by atoms with E-state index in [9.17, 15) is 4.79 Å². The van der Waals surface area contributed by atoms with E-state index in [-0.39, 0.29) is 18.4 Å². The zero-order valence-corrected chi connectivity index (χ0v) is 16.1. The van der Waals surface area contributed by atoms with Gasteiger partial charge in [-0.2, -0.15) is 4.98 Å². The van der Waals surface area contributed by atoms with Crippen LogP contribution >= 0.6 is 0 Å². The van der Waals surface area contributed by atoms with E-state index in [2.05, 4.69) is 15.5 Å². The van der Waals surface area contributed by atoms with Crippen molar-refractivity contribution in [3.8, 4) is 23.0 Å². The number of benzene rings is 2. The quantitative estimate of drug-likeness (QED) is 0.627. The third-order valence-corrected chi connectivity index (χ3v) is 3.87. The van der Waals surface area contributed by atoms with E-state index in [0.29, 0.717) is 35.5 Å². The maximum absolute atomic E-state index is 12.2. The van der Waals surface area contributed by atoms with Gasteiger partial charge in [0, 0.05) is 11.5 Å². The highest BCUT2D eigenvalue weighted by Gasteiger charge is 2.13. The van der Waals surface area contributed by atoms with Crippen molar-refractivity contribution in [2.45, 2.75) is 26.7 Å². The molecule has 1 N–H and O–H groups in total. The number of anilines is 1. The van der Waals surface area contributed by atoms with E-state index in [1.54, 1.807) is 24.3 Å². The molecule has 0 bridgehead atoms. The van der Waals surface area contributed by atoms with E-state index in [0.717, 1.165) is 5.56 Å². The zero-order chi connectivity index (χ0) is 19.9. The second kappa shape index (κ2) is 9.03. The minimum atomic E-state index is -0.280. The summed E-state index contributed by atoms with van der Waals surface area (Å²) < 4.78 is 16.4. The van der Waals surface area contributed by atoms with E-state index in [4.69, 9.17) is 14.0 Å². The molecule has 1 aromatic heterocycles. The summed E-state index contributed by atoms with van der Waals surface area (Å²) >= 11 is 0. The van der Waals surface area contributed by atoms with Crippen LogP contribution in [0.4, 0.5) is 5.69 Å². The molecule has 0 saturated heterocycles. The number of nitrogens with one attached hydrogen (secondary N) is 1. The van der Waals surface area contributed by atoms with E-state index < -0.39 is 0 Å². The van der Waals surface area contributed by atoms with E-state index in [1.807, 2.05) is 45.0 Å². The van der Waals surface area contributed by atoms with Gasteiger partial charge in [0.05, 0.1) is 12.3 Å². The van der Waals surface area contributed by atoms with Crippen molar-refractivity contribution in [1.29, 1.82) is 0 Å². The largest absolute Gasteiger partial charge is 0.492 e. The van der Waals surface area contributed by atoms with Gasteiger partial charge in [-0.25, -0.2) is 0 Å². The van der Waals surface area contributed by atoms with Crippen LogP contribution in [-0.4, -0.2) is 29.3 Å². The lowest BCUT2D eigenvalue weighted by atomic mass is 10.2. The van der Waals surface area contributed by atoms with E-state index in [1.165, 1.54) is 0 Å². The number of carbonyl (C=O) groups is 1. The van der Waals surface area contributed by atoms with Gasteiger partial charge in [-0.3, -0.25) is 4.79 Å². The molecule has 0 aliphatic heterocycles. The Hall–Kier alpha value is -3.35. The lowest BCUT2D eigenvalue weighted by Gasteiger charge is -2.12. The minimum Gasteiger partial charge on any atom is -0.492 e. The number of rotatable bonds is 8. The molecule has 0 saturated carbocycles. The highest BCUT2D eigenvalue weighted by molar-refractivity contribution is 5.93. The van der Waals surface area contributed by atoms with Gasteiger partial charge in [0.25, 0.3) is 11.8 Å². The van der Waals surface area contributed by atoms with Crippen molar-refractivity contribution in [3.63, 3.8) is 0 Å². The van der Waals surface area contributed by atoms with Crippen molar-refractivity contribution in [2.24, 2.45) is 0 Å². The first-order valence-electron chi connectivity index (χ1n) is 9.15. The molecule has 0 atom stereocenters. The van der Waals surface area contributed by atoms with Gasteiger partial charge in [0.15, 0.2) is 12.4 Å². The summed E-state index contributed by atoms with van der Waals surface area (Å²) in [5.74, 6) is 2.13. The van der Waals surface area contributed by atoms with Crippen LogP contribution in [0.15, 0.2) is 53.1 Å². The van der Waals surface area contributed by atoms with Crippen LogP contribution in [0.1, 0.15) is 32.5 Å². The topological polar surface area (TPSA) is 86.5 Å². The van der Waals surface area contributed by atoms with Crippen molar-refractivity contribution < 1.29 is 18.8 Å². The number of hydrogen-bond acceptors (Lipinski definition) is 6. The number of hydrogen-bond donors (Lipinski definition) is 1. The Bertz CT molecular complexity index is 937. The molecule has 1 amide bonds. The van der Waals surface area contributed by atoms with Gasteiger partial charge in [-0.1, -0.05) is 37.2 Å². The van der Waals surface area contributed by atoms with Crippen molar-refractivity contribution in [3.05, 3.63) is 54.4 Å². The molecule has 0 aliphatic rings. The minimum absolute atomic E-state index is 0.134. The molecule has 0 fully saturated rings. The summed E-state index contributed by atoms with van der Waals surface area (Å²) in [5.41, 5.74) is 1.35. The number of carbonyl (C=O) groups excluding carboxylic acids is 1. The molecule has 0 aliphatic carbocycles. The van der Waals surface area contributed by atoms with Crippen LogP contribution in [0.3, 0.4) is 0 Å². The first kappa shape index (κ1) is 19.4. The molecule has 0 spiro atoms. The number of amides is 1. The predicted molar refractivity (Wildman–Crippen MR) is 106 cm³/mol. The number of nitrogens with zero attached hydrogens (tertiary/aromatic N) is 2. The molecule has 7 heteroatoms. The molecule has 146 valence electrons. The van der Waals surface area contributed by atoms with Gasteiger partial charge >= 0.3 is 0 Å². The Morgan fingerprint density at radius 3 is 2.71 bits per heavy atom. The summed E-state index contributed by atoms with van der Waals surface area (Å²) in [4.78, 5) is 16.6. The highest BCUT2D eigenvalue weighted by atomic mass is 16.5. The molecule has 3 rings (SSSR count). The fraction of sp³-hybridized carbons (Fsp3) is 0.286. The maximum Gasteiger partial charge on any atom is 0.262 e. The van der Waals surface area contributed by atoms with Crippen LogP contribution in [0.5, 0.6) is 11.5 Å². The Morgan fingerprint density at radius 1 is 1.14 bits per heavy atom. The molecule has 0 unspecified atom stereocenters. The fourth-order valence-corrected chi connectivity index (χ4v) is 2.49. The maximum atomic E-state index is 12.2. The molecule has 0 radical (unpaired) electrons.